The number of halogens is 1. The highest BCUT2D eigenvalue weighted by Gasteiger charge is 2.48. The third-order valence-electron chi connectivity index (χ3n) is 3.68. The highest BCUT2D eigenvalue weighted by molar-refractivity contribution is 5.84. The van der Waals surface area contributed by atoms with Gasteiger partial charge in [0.1, 0.15) is 11.6 Å². The summed E-state index contributed by atoms with van der Waals surface area (Å²) in [5.74, 6) is -0.810. The second-order valence-electron chi connectivity index (χ2n) is 4.49. The summed E-state index contributed by atoms with van der Waals surface area (Å²) in [6.07, 6.45) is 1.94. The summed E-state index contributed by atoms with van der Waals surface area (Å²) >= 11 is 0. The first-order valence-electron chi connectivity index (χ1n) is 5.60. The van der Waals surface area contributed by atoms with E-state index in [1.165, 1.54) is 19.2 Å². The van der Waals surface area contributed by atoms with Crippen LogP contribution in [0.15, 0.2) is 12.1 Å². The third-order valence-corrected chi connectivity index (χ3v) is 3.68. The molecule has 92 valence electrons. The minimum Gasteiger partial charge on any atom is -0.496 e. The minimum atomic E-state index is -0.961. The molecule has 1 aromatic carbocycles. The van der Waals surface area contributed by atoms with Crippen LogP contribution in [-0.2, 0) is 10.2 Å². The van der Waals surface area contributed by atoms with E-state index in [1.807, 2.05) is 0 Å². The number of hydrogen-bond acceptors (Lipinski definition) is 2. The van der Waals surface area contributed by atoms with Crippen LogP contribution in [0.5, 0.6) is 5.75 Å². The highest BCUT2D eigenvalue weighted by atomic mass is 19.1. The smallest absolute Gasteiger partial charge is 0.314 e. The average Bonchev–Trinajstić information content (AvgIpc) is 2.22. The number of carboxylic acids is 1. The van der Waals surface area contributed by atoms with Crippen molar-refractivity contribution in [1.29, 1.82) is 0 Å². The molecule has 2 rings (SSSR count). The fourth-order valence-electron chi connectivity index (χ4n) is 2.53. The Kier molecular flexibility index (Phi) is 2.81. The molecule has 1 aliphatic carbocycles. The zero-order valence-corrected chi connectivity index (χ0v) is 9.92. The van der Waals surface area contributed by atoms with E-state index in [2.05, 4.69) is 0 Å². The van der Waals surface area contributed by atoms with Gasteiger partial charge in [-0.15, -0.1) is 0 Å². The number of methoxy groups -OCH3 is 1. The van der Waals surface area contributed by atoms with Crippen molar-refractivity contribution in [2.45, 2.75) is 31.6 Å². The topological polar surface area (TPSA) is 46.5 Å². The van der Waals surface area contributed by atoms with Gasteiger partial charge in [0.15, 0.2) is 0 Å². The maximum absolute atomic E-state index is 13.6. The number of aliphatic carboxylic acids is 1. The first-order chi connectivity index (χ1) is 8.03. The first kappa shape index (κ1) is 11.9. The standard InChI is InChI=1S/C13H15FO3/c1-8-9(14)4-5-10(17-2)11(8)13(12(15)16)6-3-7-13/h4-5H,3,6-7H2,1-2H3,(H,15,16). The second kappa shape index (κ2) is 4.02. The summed E-state index contributed by atoms with van der Waals surface area (Å²) in [6, 6.07) is 2.81. The van der Waals surface area contributed by atoms with E-state index < -0.39 is 11.4 Å². The number of benzene rings is 1. The van der Waals surface area contributed by atoms with Crippen molar-refractivity contribution in [1.82, 2.24) is 0 Å². The van der Waals surface area contributed by atoms with Crippen molar-refractivity contribution < 1.29 is 19.0 Å². The van der Waals surface area contributed by atoms with E-state index in [9.17, 15) is 14.3 Å². The molecule has 0 amide bonds. The number of hydrogen-bond donors (Lipinski definition) is 1. The molecule has 1 N–H and O–H groups in total. The van der Waals surface area contributed by atoms with Crippen LogP contribution >= 0.6 is 0 Å². The normalized spacial score (nSPS) is 17.4. The minimum absolute atomic E-state index is 0.381. The molecule has 0 atom stereocenters. The summed E-state index contributed by atoms with van der Waals surface area (Å²) in [6.45, 7) is 1.61. The molecule has 1 saturated carbocycles. The van der Waals surface area contributed by atoms with Gasteiger partial charge in [0.05, 0.1) is 12.5 Å². The van der Waals surface area contributed by atoms with Gasteiger partial charge in [-0.25, -0.2) is 4.39 Å². The zero-order valence-electron chi connectivity index (χ0n) is 9.92. The van der Waals surface area contributed by atoms with Crippen molar-refractivity contribution >= 4 is 5.97 Å². The van der Waals surface area contributed by atoms with E-state index in [0.29, 0.717) is 29.7 Å². The van der Waals surface area contributed by atoms with Crippen LogP contribution in [-0.4, -0.2) is 18.2 Å². The molecule has 17 heavy (non-hydrogen) atoms. The lowest BCUT2D eigenvalue weighted by Gasteiger charge is -2.39. The maximum atomic E-state index is 13.6. The molecule has 0 saturated heterocycles. The number of ether oxygens (including phenoxy) is 1. The first-order valence-corrected chi connectivity index (χ1v) is 5.60. The Morgan fingerprint density at radius 3 is 2.53 bits per heavy atom. The van der Waals surface area contributed by atoms with E-state index in [-0.39, 0.29) is 5.82 Å². The van der Waals surface area contributed by atoms with Crippen molar-refractivity contribution in [3.05, 3.63) is 29.1 Å². The Labute approximate surface area is 99.2 Å². The molecule has 0 heterocycles. The van der Waals surface area contributed by atoms with Gasteiger partial charge >= 0.3 is 5.97 Å². The van der Waals surface area contributed by atoms with Crippen molar-refractivity contribution in [2.24, 2.45) is 0 Å². The number of carboxylic acid groups (broad SMARTS) is 1. The molecular weight excluding hydrogens is 223 g/mol. The van der Waals surface area contributed by atoms with Crippen LogP contribution in [0.4, 0.5) is 4.39 Å². The van der Waals surface area contributed by atoms with Gasteiger partial charge in [-0.1, -0.05) is 6.42 Å². The quantitative estimate of drug-likeness (QED) is 0.880. The summed E-state index contributed by atoms with van der Waals surface area (Å²) < 4.78 is 18.8. The molecule has 4 heteroatoms. The van der Waals surface area contributed by atoms with Gasteiger partial charge in [-0.05, 0) is 37.5 Å². The number of rotatable bonds is 3. The lowest BCUT2D eigenvalue weighted by molar-refractivity contribution is -0.147. The molecule has 1 aromatic rings. The Hall–Kier alpha value is -1.58. The summed E-state index contributed by atoms with van der Waals surface area (Å²) in [5.41, 5.74) is -0.0810. The SMILES string of the molecule is COc1ccc(F)c(C)c1C1(C(=O)O)CCC1. The van der Waals surface area contributed by atoms with Gasteiger partial charge in [-0.3, -0.25) is 4.79 Å². The molecule has 1 aliphatic rings. The van der Waals surface area contributed by atoms with Crippen molar-refractivity contribution in [3.63, 3.8) is 0 Å². The monoisotopic (exact) mass is 238 g/mol. The maximum Gasteiger partial charge on any atom is 0.314 e. The van der Waals surface area contributed by atoms with Crippen LogP contribution in [0.2, 0.25) is 0 Å². The molecular formula is C13H15FO3. The largest absolute Gasteiger partial charge is 0.496 e. The molecule has 0 radical (unpaired) electrons. The average molecular weight is 238 g/mol. The summed E-state index contributed by atoms with van der Waals surface area (Å²) in [5, 5.41) is 9.39. The Bertz CT molecular complexity index is 464. The van der Waals surface area contributed by atoms with Crippen LogP contribution in [0.1, 0.15) is 30.4 Å². The van der Waals surface area contributed by atoms with Crippen molar-refractivity contribution in [3.8, 4) is 5.75 Å². The summed E-state index contributed by atoms with van der Waals surface area (Å²) in [4.78, 5) is 11.5. The second-order valence-corrected chi connectivity index (χ2v) is 4.49. The van der Waals surface area contributed by atoms with E-state index >= 15 is 0 Å². The van der Waals surface area contributed by atoms with Crippen LogP contribution in [0.3, 0.4) is 0 Å². The van der Waals surface area contributed by atoms with Crippen LogP contribution in [0, 0.1) is 12.7 Å². The van der Waals surface area contributed by atoms with Crippen LogP contribution < -0.4 is 4.74 Å². The lowest BCUT2D eigenvalue weighted by Crippen LogP contribution is -2.43. The predicted octanol–water partition coefficient (Wildman–Crippen LogP) is 2.65. The van der Waals surface area contributed by atoms with E-state index in [4.69, 9.17) is 4.74 Å². The van der Waals surface area contributed by atoms with Gasteiger partial charge in [0.25, 0.3) is 0 Å². The molecule has 0 spiro atoms. The Morgan fingerprint density at radius 2 is 2.12 bits per heavy atom. The lowest BCUT2D eigenvalue weighted by atomic mass is 9.63. The predicted molar refractivity (Wildman–Crippen MR) is 60.9 cm³/mol. The molecule has 0 bridgehead atoms. The molecule has 0 aromatic heterocycles. The highest BCUT2D eigenvalue weighted by Crippen LogP contribution is 2.49. The van der Waals surface area contributed by atoms with E-state index in [0.717, 1.165) is 6.42 Å². The van der Waals surface area contributed by atoms with Gasteiger partial charge in [-0.2, -0.15) is 0 Å². The van der Waals surface area contributed by atoms with Gasteiger partial charge < -0.3 is 9.84 Å². The van der Waals surface area contributed by atoms with Crippen LogP contribution in [0.25, 0.3) is 0 Å². The van der Waals surface area contributed by atoms with E-state index in [1.54, 1.807) is 6.92 Å². The molecule has 3 nitrogen and oxygen atoms in total. The Morgan fingerprint density at radius 1 is 1.47 bits per heavy atom. The number of carbonyl (C=O) groups is 1. The van der Waals surface area contributed by atoms with Gasteiger partial charge in [0.2, 0.25) is 0 Å². The molecule has 1 fully saturated rings. The fourth-order valence-corrected chi connectivity index (χ4v) is 2.53. The van der Waals surface area contributed by atoms with Crippen molar-refractivity contribution in [2.75, 3.05) is 7.11 Å². The molecule has 0 unspecified atom stereocenters. The molecule has 0 aliphatic heterocycles. The van der Waals surface area contributed by atoms with Gasteiger partial charge in [0, 0.05) is 5.56 Å². The zero-order chi connectivity index (χ0) is 12.6. The third kappa shape index (κ3) is 1.59. The summed E-state index contributed by atoms with van der Waals surface area (Å²) in [7, 11) is 1.48. The fraction of sp³-hybridized carbons (Fsp3) is 0.462. The Balaban J connectivity index is 2.64.